The molecular formula is C10H7Br2N3S. The molecule has 0 saturated heterocycles. The van der Waals surface area contributed by atoms with E-state index in [4.69, 9.17) is 12.2 Å². The first-order chi connectivity index (χ1) is 7.56. The topological polar surface area (TPSA) is 41.6 Å². The van der Waals surface area contributed by atoms with Crippen LogP contribution in [0.3, 0.4) is 0 Å². The molecule has 0 bridgehead atoms. The Kier molecular flexibility index (Phi) is 3.51. The number of aryl methyl sites for hydroxylation is 1. The number of H-pyrrole nitrogens is 1. The second kappa shape index (κ2) is 4.73. The third-order valence-electron chi connectivity index (χ3n) is 1.91. The molecule has 0 radical (unpaired) electrons. The maximum absolute atomic E-state index is 5.07. The highest BCUT2D eigenvalue weighted by atomic mass is 79.9. The minimum absolute atomic E-state index is 0.558. The SMILES string of the molecule is Cc1cc(=S)nc(-c2ncc(Br)cc2Br)[nH]1. The molecule has 0 saturated carbocycles. The molecule has 0 spiro atoms. The molecule has 0 aliphatic heterocycles. The molecule has 2 aromatic heterocycles. The normalized spacial score (nSPS) is 10.4. The van der Waals surface area contributed by atoms with Crippen molar-refractivity contribution in [2.24, 2.45) is 0 Å². The van der Waals surface area contributed by atoms with Crippen molar-refractivity contribution in [1.29, 1.82) is 0 Å². The van der Waals surface area contributed by atoms with Gasteiger partial charge in [0.1, 0.15) is 10.3 Å². The summed E-state index contributed by atoms with van der Waals surface area (Å²) in [5.74, 6) is 0.671. The van der Waals surface area contributed by atoms with Gasteiger partial charge in [-0.2, -0.15) is 0 Å². The molecule has 82 valence electrons. The van der Waals surface area contributed by atoms with E-state index in [1.807, 2.05) is 19.1 Å². The number of hydrogen-bond acceptors (Lipinski definition) is 3. The fourth-order valence-electron chi connectivity index (χ4n) is 1.28. The Balaban J connectivity index is 2.63. The summed E-state index contributed by atoms with van der Waals surface area (Å²) in [6.07, 6.45) is 1.72. The third-order valence-corrected chi connectivity index (χ3v) is 3.16. The first-order valence-corrected chi connectivity index (χ1v) is 6.45. The van der Waals surface area contributed by atoms with Gasteiger partial charge in [-0.05, 0) is 50.9 Å². The van der Waals surface area contributed by atoms with Crippen LogP contribution in [-0.2, 0) is 0 Å². The van der Waals surface area contributed by atoms with Crippen LogP contribution >= 0.6 is 44.1 Å². The van der Waals surface area contributed by atoms with Crippen LogP contribution in [0, 0.1) is 11.6 Å². The first kappa shape index (κ1) is 11.9. The molecule has 0 aliphatic rings. The van der Waals surface area contributed by atoms with Crippen LogP contribution in [-0.4, -0.2) is 15.0 Å². The highest BCUT2D eigenvalue weighted by Gasteiger charge is 2.07. The van der Waals surface area contributed by atoms with Crippen molar-refractivity contribution in [3.8, 4) is 11.5 Å². The Morgan fingerprint density at radius 2 is 2.06 bits per heavy atom. The molecule has 2 rings (SSSR count). The van der Waals surface area contributed by atoms with Crippen molar-refractivity contribution >= 4 is 44.1 Å². The summed E-state index contributed by atoms with van der Waals surface area (Å²) in [6.45, 7) is 1.94. The molecule has 6 heteroatoms. The van der Waals surface area contributed by atoms with E-state index < -0.39 is 0 Å². The lowest BCUT2D eigenvalue weighted by Crippen LogP contribution is -1.95. The van der Waals surface area contributed by atoms with E-state index in [0.29, 0.717) is 10.5 Å². The summed E-state index contributed by atoms with van der Waals surface area (Å²) < 4.78 is 2.34. The Morgan fingerprint density at radius 3 is 2.69 bits per heavy atom. The molecule has 1 N–H and O–H groups in total. The minimum Gasteiger partial charge on any atom is -0.342 e. The zero-order chi connectivity index (χ0) is 11.7. The van der Waals surface area contributed by atoms with Crippen molar-refractivity contribution in [2.75, 3.05) is 0 Å². The van der Waals surface area contributed by atoms with Crippen LogP contribution in [0.5, 0.6) is 0 Å². The Morgan fingerprint density at radius 1 is 1.31 bits per heavy atom. The van der Waals surface area contributed by atoms with Gasteiger partial charge in [-0.25, -0.2) is 4.98 Å². The smallest absolute Gasteiger partial charge is 0.158 e. The number of halogens is 2. The average Bonchev–Trinajstić information content (AvgIpc) is 2.15. The van der Waals surface area contributed by atoms with Crippen LogP contribution in [0.4, 0.5) is 0 Å². The third kappa shape index (κ3) is 2.56. The second-order valence-corrected chi connectivity index (χ2v) is 5.42. The van der Waals surface area contributed by atoms with Crippen LogP contribution < -0.4 is 0 Å². The predicted molar refractivity (Wildman–Crippen MR) is 72.8 cm³/mol. The molecule has 2 heterocycles. The van der Waals surface area contributed by atoms with Gasteiger partial charge in [-0.3, -0.25) is 4.98 Å². The van der Waals surface area contributed by atoms with Gasteiger partial charge >= 0.3 is 0 Å². The molecule has 0 atom stereocenters. The molecular weight excluding hydrogens is 354 g/mol. The zero-order valence-corrected chi connectivity index (χ0v) is 12.3. The zero-order valence-electron chi connectivity index (χ0n) is 8.29. The van der Waals surface area contributed by atoms with Gasteiger partial charge in [0, 0.05) is 20.8 Å². The molecule has 16 heavy (non-hydrogen) atoms. The lowest BCUT2D eigenvalue weighted by atomic mass is 10.3. The Bertz CT molecular complexity index is 595. The summed E-state index contributed by atoms with van der Waals surface area (Å²) in [4.78, 5) is 11.7. The maximum Gasteiger partial charge on any atom is 0.158 e. The molecule has 0 aromatic carbocycles. The number of rotatable bonds is 1. The van der Waals surface area contributed by atoms with Crippen molar-refractivity contribution in [2.45, 2.75) is 6.92 Å². The highest BCUT2D eigenvalue weighted by molar-refractivity contribution is 9.11. The van der Waals surface area contributed by atoms with E-state index in [0.717, 1.165) is 20.3 Å². The van der Waals surface area contributed by atoms with Crippen molar-refractivity contribution < 1.29 is 0 Å². The summed E-state index contributed by atoms with van der Waals surface area (Å²) in [6, 6.07) is 3.73. The van der Waals surface area contributed by atoms with E-state index in [1.165, 1.54) is 0 Å². The average molecular weight is 361 g/mol. The van der Waals surface area contributed by atoms with Crippen LogP contribution in [0.1, 0.15) is 5.69 Å². The second-order valence-electron chi connectivity index (χ2n) is 3.23. The molecule has 2 aromatic rings. The van der Waals surface area contributed by atoms with E-state index >= 15 is 0 Å². The summed E-state index contributed by atoms with van der Waals surface area (Å²) in [7, 11) is 0. The minimum atomic E-state index is 0.558. The van der Waals surface area contributed by atoms with Crippen LogP contribution in [0.2, 0.25) is 0 Å². The van der Waals surface area contributed by atoms with E-state index in [9.17, 15) is 0 Å². The van der Waals surface area contributed by atoms with Gasteiger partial charge < -0.3 is 4.98 Å². The number of hydrogen-bond donors (Lipinski definition) is 1. The van der Waals surface area contributed by atoms with E-state index in [1.54, 1.807) is 6.20 Å². The van der Waals surface area contributed by atoms with Gasteiger partial charge in [0.25, 0.3) is 0 Å². The maximum atomic E-state index is 5.07. The lowest BCUT2D eigenvalue weighted by molar-refractivity contribution is 1.07. The molecule has 0 aliphatic carbocycles. The summed E-state index contributed by atoms with van der Waals surface area (Å²) in [5, 5.41) is 0. The number of nitrogens with zero attached hydrogens (tertiary/aromatic N) is 2. The van der Waals surface area contributed by atoms with Gasteiger partial charge in [0.15, 0.2) is 5.82 Å². The highest BCUT2D eigenvalue weighted by Crippen LogP contribution is 2.26. The number of aromatic nitrogens is 3. The van der Waals surface area contributed by atoms with Gasteiger partial charge in [-0.1, -0.05) is 12.2 Å². The number of aromatic amines is 1. The molecule has 0 amide bonds. The van der Waals surface area contributed by atoms with Gasteiger partial charge in [0.05, 0.1) is 0 Å². The van der Waals surface area contributed by atoms with Crippen molar-refractivity contribution in [1.82, 2.24) is 15.0 Å². The standard InChI is InChI=1S/C10H7Br2N3S/c1-5-2-8(16)15-10(14-5)9-7(12)3-6(11)4-13-9/h2-4H,1H3,(H,14,15,16). The number of nitrogens with one attached hydrogen (secondary N) is 1. The van der Waals surface area contributed by atoms with E-state index in [2.05, 4.69) is 46.8 Å². The number of pyridine rings is 1. The molecule has 0 fully saturated rings. The van der Waals surface area contributed by atoms with Gasteiger partial charge in [-0.15, -0.1) is 0 Å². The lowest BCUT2D eigenvalue weighted by Gasteiger charge is -2.04. The Labute approximate surface area is 115 Å². The van der Waals surface area contributed by atoms with Crippen LogP contribution in [0.25, 0.3) is 11.5 Å². The largest absolute Gasteiger partial charge is 0.342 e. The fourth-order valence-corrected chi connectivity index (χ4v) is 2.72. The van der Waals surface area contributed by atoms with Crippen molar-refractivity contribution in [3.05, 3.63) is 37.6 Å². The van der Waals surface area contributed by atoms with Crippen LogP contribution in [0.15, 0.2) is 27.3 Å². The monoisotopic (exact) mass is 359 g/mol. The van der Waals surface area contributed by atoms with E-state index in [-0.39, 0.29) is 0 Å². The fraction of sp³-hybridized carbons (Fsp3) is 0.100. The Hall–Kier alpha value is -0.590. The molecule has 0 unspecified atom stereocenters. The predicted octanol–water partition coefficient (Wildman–Crippen LogP) is 4.03. The quantitative estimate of drug-likeness (QED) is 0.780. The summed E-state index contributed by atoms with van der Waals surface area (Å²) >= 11 is 11.9. The summed E-state index contributed by atoms with van der Waals surface area (Å²) in [5.41, 5.74) is 1.71. The van der Waals surface area contributed by atoms with Gasteiger partial charge in [0.2, 0.25) is 0 Å². The van der Waals surface area contributed by atoms with Crippen molar-refractivity contribution in [3.63, 3.8) is 0 Å². The molecule has 3 nitrogen and oxygen atoms in total. The first-order valence-electron chi connectivity index (χ1n) is 4.45.